The van der Waals surface area contributed by atoms with E-state index < -0.39 is 17.2 Å². The summed E-state index contributed by atoms with van der Waals surface area (Å²) in [6.45, 7) is 1.45. The molecule has 0 aliphatic rings. The number of halogens is 1. The highest BCUT2D eigenvalue weighted by Gasteiger charge is 2.23. The highest BCUT2D eigenvalue weighted by molar-refractivity contribution is 6.09. The van der Waals surface area contributed by atoms with Crippen LogP contribution >= 0.6 is 0 Å². The molecule has 0 atom stereocenters. The van der Waals surface area contributed by atoms with Gasteiger partial charge in [0.25, 0.3) is 5.56 Å². The van der Waals surface area contributed by atoms with Crippen LogP contribution in [0.3, 0.4) is 0 Å². The van der Waals surface area contributed by atoms with Gasteiger partial charge in [-0.2, -0.15) is 10.4 Å². The standard InChI is InChI=1S/C32H23FN4O3/c1-21-27(18-34)31(39)36(19-22-8-4-2-5-9-22)32(40)29(21)28(38)17-14-24-20-37(26-10-6-3-7-11-26)35-30(24)23-12-15-25(33)16-13-23/h2-17,20,40H,19H2,1H3/b17-14+. The molecule has 3 aromatic carbocycles. The molecule has 2 aromatic heterocycles. The van der Waals surface area contributed by atoms with Gasteiger partial charge in [0, 0.05) is 17.3 Å². The predicted octanol–water partition coefficient (Wildman–Crippen LogP) is 5.67. The number of ketones is 1. The van der Waals surface area contributed by atoms with Crippen LogP contribution in [0.15, 0.2) is 102 Å². The number of hydrogen-bond acceptors (Lipinski definition) is 5. The van der Waals surface area contributed by atoms with Crippen LogP contribution in [0.5, 0.6) is 5.88 Å². The van der Waals surface area contributed by atoms with Crippen LogP contribution in [0.4, 0.5) is 4.39 Å². The minimum Gasteiger partial charge on any atom is -0.494 e. The lowest BCUT2D eigenvalue weighted by Crippen LogP contribution is -2.26. The maximum absolute atomic E-state index is 13.6. The summed E-state index contributed by atoms with van der Waals surface area (Å²) in [5, 5.41) is 25.4. The maximum atomic E-state index is 13.6. The monoisotopic (exact) mass is 530 g/mol. The molecule has 0 saturated carbocycles. The number of aromatic nitrogens is 3. The Balaban J connectivity index is 1.58. The Morgan fingerprint density at radius 3 is 2.33 bits per heavy atom. The van der Waals surface area contributed by atoms with Crippen molar-refractivity contribution in [2.45, 2.75) is 13.5 Å². The average molecular weight is 531 g/mol. The largest absolute Gasteiger partial charge is 0.494 e. The number of hydrogen-bond donors (Lipinski definition) is 1. The lowest BCUT2D eigenvalue weighted by atomic mass is 10.00. The van der Waals surface area contributed by atoms with E-state index in [4.69, 9.17) is 0 Å². The van der Waals surface area contributed by atoms with Crippen molar-refractivity contribution >= 4 is 11.9 Å². The van der Waals surface area contributed by atoms with E-state index >= 15 is 0 Å². The van der Waals surface area contributed by atoms with E-state index in [0.717, 1.165) is 15.8 Å². The number of nitrogens with zero attached hydrogens (tertiary/aromatic N) is 4. The quantitative estimate of drug-likeness (QED) is 0.216. The molecule has 0 fully saturated rings. The van der Waals surface area contributed by atoms with Gasteiger partial charge >= 0.3 is 0 Å². The summed E-state index contributed by atoms with van der Waals surface area (Å²) in [5.41, 5.74) is 2.31. The molecule has 2 heterocycles. The Kier molecular flexibility index (Phi) is 7.20. The van der Waals surface area contributed by atoms with Crippen LogP contribution < -0.4 is 5.56 Å². The van der Waals surface area contributed by atoms with E-state index in [0.29, 0.717) is 16.8 Å². The third kappa shape index (κ3) is 5.08. The zero-order valence-electron chi connectivity index (χ0n) is 21.5. The number of para-hydroxylation sites is 1. The fraction of sp³-hybridized carbons (Fsp3) is 0.0625. The van der Waals surface area contributed by atoms with Crippen molar-refractivity contribution in [2.75, 3.05) is 0 Å². The molecule has 0 saturated heterocycles. The van der Waals surface area contributed by atoms with Crippen molar-refractivity contribution in [3.8, 4) is 28.9 Å². The molecule has 0 radical (unpaired) electrons. The fourth-order valence-electron chi connectivity index (χ4n) is 4.46. The van der Waals surface area contributed by atoms with Gasteiger partial charge in [0.1, 0.15) is 17.4 Å². The highest BCUT2D eigenvalue weighted by Crippen LogP contribution is 2.27. The number of carbonyl (C=O) groups excluding carboxylic acids is 1. The maximum Gasteiger partial charge on any atom is 0.271 e. The van der Waals surface area contributed by atoms with Crippen LogP contribution in [-0.2, 0) is 6.54 Å². The minimum absolute atomic E-state index is 0.0109. The summed E-state index contributed by atoms with van der Waals surface area (Å²) < 4.78 is 16.3. The Morgan fingerprint density at radius 2 is 1.68 bits per heavy atom. The zero-order valence-corrected chi connectivity index (χ0v) is 21.5. The van der Waals surface area contributed by atoms with Gasteiger partial charge in [-0.15, -0.1) is 0 Å². The van der Waals surface area contributed by atoms with Gasteiger partial charge in [-0.05, 0) is 66.6 Å². The molecule has 0 bridgehead atoms. The van der Waals surface area contributed by atoms with E-state index in [1.807, 2.05) is 42.5 Å². The van der Waals surface area contributed by atoms with E-state index in [1.165, 1.54) is 25.1 Å². The summed E-state index contributed by atoms with van der Waals surface area (Å²) in [5.74, 6) is -1.49. The van der Waals surface area contributed by atoms with Gasteiger partial charge in [0.15, 0.2) is 5.78 Å². The first-order chi connectivity index (χ1) is 19.4. The lowest BCUT2D eigenvalue weighted by Gasteiger charge is -2.14. The smallest absolute Gasteiger partial charge is 0.271 e. The van der Waals surface area contributed by atoms with Crippen molar-refractivity contribution in [1.82, 2.24) is 14.3 Å². The molecule has 40 heavy (non-hydrogen) atoms. The summed E-state index contributed by atoms with van der Waals surface area (Å²) in [4.78, 5) is 26.4. The topological polar surface area (TPSA) is 101 Å². The SMILES string of the molecule is Cc1c(C(=O)/C=C/c2cn(-c3ccccc3)nc2-c2ccc(F)cc2)c(O)n(Cc2ccccc2)c(=O)c1C#N. The molecule has 8 heteroatoms. The number of rotatable bonds is 7. The van der Waals surface area contributed by atoms with Gasteiger partial charge < -0.3 is 5.11 Å². The first kappa shape index (κ1) is 26.1. The van der Waals surface area contributed by atoms with Gasteiger partial charge in [-0.1, -0.05) is 48.5 Å². The Morgan fingerprint density at radius 1 is 1.02 bits per heavy atom. The molecule has 196 valence electrons. The minimum atomic E-state index is -0.676. The van der Waals surface area contributed by atoms with E-state index in [2.05, 4.69) is 5.10 Å². The van der Waals surface area contributed by atoms with Crippen molar-refractivity contribution in [3.63, 3.8) is 0 Å². The van der Waals surface area contributed by atoms with Crippen LogP contribution in [-0.4, -0.2) is 25.2 Å². The van der Waals surface area contributed by atoms with Crippen LogP contribution in [0, 0.1) is 24.1 Å². The second-order valence-electron chi connectivity index (χ2n) is 9.10. The first-order valence-electron chi connectivity index (χ1n) is 12.4. The number of pyridine rings is 1. The molecule has 0 aliphatic carbocycles. The summed E-state index contributed by atoms with van der Waals surface area (Å²) >= 11 is 0. The number of carbonyl (C=O) groups is 1. The average Bonchev–Trinajstić information content (AvgIpc) is 3.40. The fourth-order valence-corrected chi connectivity index (χ4v) is 4.46. The molecule has 0 unspecified atom stereocenters. The van der Waals surface area contributed by atoms with Crippen molar-refractivity contribution in [3.05, 3.63) is 141 Å². The Bertz CT molecular complexity index is 1830. The van der Waals surface area contributed by atoms with Gasteiger partial charge in [0.05, 0.1) is 23.5 Å². The number of allylic oxidation sites excluding steroid dienone is 1. The Hall–Kier alpha value is -5.55. The van der Waals surface area contributed by atoms with E-state index in [-0.39, 0.29) is 29.1 Å². The predicted molar refractivity (Wildman–Crippen MR) is 150 cm³/mol. The third-order valence-electron chi connectivity index (χ3n) is 6.53. The van der Waals surface area contributed by atoms with Gasteiger partial charge in [-0.25, -0.2) is 9.07 Å². The van der Waals surface area contributed by atoms with Crippen molar-refractivity contribution in [2.24, 2.45) is 0 Å². The normalized spacial score (nSPS) is 11.0. The summed E-state index contributed by atoms with van der Waals surface area (Å²) in [6, 6.07) is 26.1. The third-order valence-corrected chi connectivity index (χ3v) is 6.53. The number of nitriles is 1. The molecule has 7 nitrogen and oxygen atoms in total. The second kappa shape index (κ2) is 11.1. The molecule has 0 amide bonds. The van der Waals surface area contributed by atoms with E-state index in [1.54, 1.807) is 53.4 Å². The molecule has 5 rings (SSSR count). The van der Waals surface area contributed by atoms with Gasteiger partial charge in [0.2, 0.25) is 5.88 Å². The Labute approximate surface area is 229 Å². The van der Waals surface area contributed by atoms with Crippen LogP contribution in [0.25, 0.3) is 23.0 Å². The van der Waals surface area contributed by atoms with Crippen LogP contribution in [0.1, 0.15) is 32.6 Å². The van der Waals surface area contributed by atoms with Crippen LogP contribution in [0.2, 0.25) is 0 Å². The summed E-state index contributed by atoms with van der Waals surface area (Å²) in [7, 11) is 0. The number of benzene rings is 3. The first-order valence-corrected chi connectivity index (χ1v) is 12.4. The molecule has 0 spiro atoms. The number of aromatic hydroxyl groups is 1. The second-order valence-corrected chi connectivity index (χ2v) is 9.10. The van der Waals surface area contributed by atoms with E-state index in [9.17, 15) is 24.3 Å². The molecule has 5 aromatic rings. The van der Waals surface area contributed by atoms with Crippen molar-refractivity contribution < 1.29 is 14.3 Å². The molecule has 1 N–H and O–H groups in total. The van der Waals surface area contributed by atoms with Crippen molar-refractivity contribution in [1.29, 1.82) is 5.26 Å². The summed E-state index contributed by atoms with van der Waals surface area (Å²) in [6.07, 6.45) is 4.55. The zero-order chi connectivity index (χ0) is 28.2. The highest BCUT2D eigenvalue weighted by atomic mass is 19.1. The van der Waals surface area contributed by atoms with Gasteiger partial charge in [-0.3, -0.25) is 14.2 Å². The molecule has 0 aliphatic heterocycles. The molecular weight excluding hydrogens is 507 g/mol. The lowest BCUT2D eigenvalue weighted by molar-refractivity contribution is 0.104. The molecular formula is C32H23FN4O3.